The molecule has 0 fully saturated rings. The number of aliphatic imine (C=N–C) groups is 1. The Morgan fingerprint density at radius 2 is 1.19 bits per heavy atom. The zero-order valence-corrected chi connectivity index (χ0v) is 16.9. The van der Waals surface area contributed by atoms with Crippen molar-refractivity contribution in [1.82, 2.24) is 0 Å². The van der Waals surface area contributed by atoms with Crippen molar-refractivity contribution in [2.45, 2.75) is 49.4 Å². The fourth-order valence-corrected chi connectivity index (χ4v) is 3.18. The SMILES string of the molecule is O=C(C1=C(O)c2cc(C(F)(F)F)cc(N=C(C(F)(F)F)C(F)(F)F)c2CC1)C(F)(C(F)(F)F)C(F)(F)F. The number of hydrogen-bond acceptors (Lipinski definition) is 3. The first-order chi connectivity index (χ1) is 16.2. The van der Waals surface area contributed by atoms with Gasteiger partial charge in [0.15, 0.2) is 0 Å². The Balaban J connectivity index is 2.93. The molecule has 208 valence electrons. The van der Waals surface area contributed by atoms with E-state index in [1.165, 1.54) is 0 Å². The van der Waals surface area contributed by atoms with E-state index >= 15 is 0 Å². The lowest BCUT2D eigenvalue weighted by Crippen LogP contribution is -2.59. The van der Waals surface area contributed by atoms with Gasteiger partial charge in [0.1, 0.15) is 5.76 Å². The van der Waals surface area contributed by atoms with Crippen LogP contribution in [-0.2, 0) is 17.4 Å². The zero-order valence-electron chi connectivity index (χ0n) is 16.9. The molecular formula is C18H7F16NO2. The Bertz CT molecular complexity index is 1110. The van der Waals surface area contributed by atoms with Crippen LogP contribution < -0.4 is 0 Å². The van der Waals surface area contributed by atoms with Gasteiger partial charge in [-0.15, -0.1) is 0 Å². The fourth-order valence-electron chi connectivity index (χ4n) is 3.18. The maximum Gasteiger partial charge on any atom is 0.439 e. The van der Waals surface area contributed by atoms with Crippen molar-refractivity contribution < 1.29 is 80.1 Å². The lowest BCUT2D eigenvalue weighted by atomic mass is 9.82. The van der Waals surface area contributed by atoms with Gasteiger partial charge in [-0.25, -0.2) is 9.38 Å². The number of fused-ring (bicyclic) bond motifs is 1. The minimum Gasteiger partial charge on any atom is -0.507 e. The van der Waals surface area contributed by atoms with Gasteiger partial charge in [-0.3, -0.25) is 4.79 Å². The highest BCUT2D eigenvalue weighted by Gasteiger charge is 2.77. The van der Waals surface area contributed by atoms with Crippen LogP contribution in [0, 0.1) is 0 Å². The van der Waals surface area contributed by atoms with Gasteiger partial charge in [0.05, 0.1) is 11.3 Å². The highest BCUT2D eigenvalue weighted by atomic mass is 19.4. The van der Waals surface area contributed by atoms with Crippen LogP contribution in [0.15, 0.2) is 22.7 Å². The quantitative estimate of drug-likeness (QED) is 0.301. The number of Topliss-reactive ketones (excluding diaryl/α,β-unsaturated/α-hetero) is 1. The summed E-state index contributed by atoms with van der Waals surface area (Å²) >= 11 is 0. The molecule has 0 atom stereocenters. The van der Waals surface area contributed by atoms with Crippen LogP contribution in [0.5, 0.6) is 0 Å². The molecule has 0 amide bonds. The highest BCUT2D eigenvalue weighted by molar-refractivity contribution is 6.08. The second kappa shape index (κ2) is 8.78. The van der Waals surface area contributed by atoms with Crippen LogP contribution in [0.1, 0.15) is 23.1 Å². The van der Waals surface area contributed by atoms with Crippen molar-refractivity contribution in [2.24, 2.45) is 4.99 Å². The first kappa shape index (κ1) is 30.2. The summed E-state index contributed by atoms with van der Waals surface area (Å²) in [7, 11) is 0. The molecule has 1 aliphatic carbocycles. The molecular weight excluding hydrogens is 566 g/mol. The number of carbonyl (C=O) groups excluding carboxylic acids is 1. The Hall–Kier alpha value is -3.02. The number of ketones is 1. The summed E-state index contributed by atoms with van der Waals surface area (Å²) in [5.74, 6) is -5.66. The number of aliphatic hydroxyl groups is 1. The van der Waals surface area contributed by atoms with E-state index in [2.05, 4.69) is 4.99 Å². The lowest BCUT2D eigenvalue weighted by Gasteiger charge is -2.31. The average molecular weight is 573 g/mol. The standard InChI is InChI=1S/C18H7F16NO2/c19-13(17(29,30)31,18(32,33)34)11(37)7-2-1-6-8(10(7)36)3-5(14(20,21)22)4-9(6)35-12(15(23,24)25)16(26,27)28/h3-4,36H,1-2H2. The van der Waals surface area contributed by atoms with E-state index in [-0.39, 0.29) is 12.1 Å². The number of nitrogens with zero attached hydrogens (tertiary/aromatic N) is 1. The Labute approximate surface area is 193 Å². The molecule has 0 spiro atoms. The van der Waals surface area contributed by atoms with Gasteiger partial charge < -0.3 is 5.11 Å². The van der Waals surface area contributed by atoms with E-state index < -0.39 is 94.6 Å². The highest BCUT2D eigenvalue weighted by Crippen LogP contribution is 2.50. The number of halogens is 16. The van der Waals surface area contributed by atoms with Gasteiger partial charge in [-0.05, 0) is 30.5 Å². The fraction of sp³-hybridized carbons (Fsp3) is 0.444. The van der Waals surface area contributed by atoms with Crippen LogP contribution in [0.2, 0.25) is 0 Å². The number of rotatable bonds is 3. The number of carbonyl (C=O) groups is 1. The second-order valence-corrected chi connectivity index (χ2v) is 7.29. The molecule has 1 aromatic carbocycles. The average Bonchev–Trinajstić information content (AvgIpc) is 2.66. The first-order valence-corrected chi connectivity index (χ1v) is 9.01. The third-order valence-corrected chi connectivity index (χ3v) is 4.86. The van der Waals surface area contributed by atoms with E-state index in [0.717, 1.165) is 0 Å². The molecule has 0 bridgehead atoms. The molecule has 1 aromatic rings. The van der Waals surface area contributed by atoms with Gasteiger partial charge in [0, 0.05) is 11.1 Å². The molecule has 3 nitrogen and oxygen atoms in total. The monoisotopic (exact) mass is 573 g/mol. The molecule has 37 heavy (non-hydrogen) atoms. The smallest absolute Gasteiger partial charge is 0.439 e. The lowest BCUT2D eigenvalue weighted by molar-refractivity contribution is -0.324. The normalized spacial score (nSPS) is 16.0. The van der Waals surface area contributed by atoms with Gasteiger partial charge >= 0.3 is 36.6 Å². The van der Waals surface area contributed by atoms with E-state index in [1.54, 1.807) is 0 Å². The maximum absolute atomic E-state index is 14.1. The first-order valence-electron chi connectivity index (χ1n) is 9.01. The van der Waals surface area contributed by atoms with Crippen LogP contribution >= 0.6 is 0 Å². The summed E-state index contributed by atoms with van der Waals surface area (Å²) in [6, 6.07) is -0.640. The minimum atomic E-state index is -6.99. The van der Waals surface area contributed by atoms with E-state index in [9.17, 15) is 80.1 Å². The largest absolute Gasteiger partial charge is 0.507 e. The van der Waals surface area contributed by atoms with E-state index in [4.69, 9.17) is 0 Å². The number of alkyl halides is 16. The molecule has 0 unspecified atom stereocenters. The van der Waals surface area contributed by atoms with Gasteiger partial charge in [0.2, 0.25) is 11.5 Å². The van der Waals surface area contributed by atoms with Gasteiger partial charge in [-0.2, -0.15) is 65.9 Å². The van der Waals surface area contributed by atoms with Crippen molar-refractivity contribution in [3.05, 3.63) is 34.4 Å². The van der Waals surface area contributed by atoms with Crippen molar-refractivity contribution in [1.29, 1.82) is 0 Å². The topological polar surface area (TPSA) is 49.7 Å². The maximum atomic E-state index is 14.1. The van der Waals surface area contributed by atoms with Crippen LogP contribution in [0.25, 0.3) is 5.76 Å². The molecule has 0 aromatic heterocycles. The molecule has 0 heterocycles. The molecule has 1 N–H and O–H groups in total. The molecule has 0 radical (unpaired) electrons. The molecule has 19 heteroatoms. The van der Waals surface area contributed by atoms with E-state index in [0.29, 0.717) is 0 Å². The predicted octanol–water partition coefficient (Wildman–Crippen LogP) is 7.52. The summed E-state index contributed by atoms with van der Waals surface area (Å²) in [4.78, 5) is 14.1. The number of hydrogen-bond donors (Lipinski definition) is 1. The molecule has 0 saturated carbocycles. The van der Waals surface area contributed by atoms with Crippen molar-refractivity contribution in [2.75, 3.05) is 0 Å². The number of benzene rings is 1. The van der Waals surface area contributed by atoms with Crippen LogP contribution in [0.3, 0.4) is 0 Å². The predicted molar refractivity (Wildman–Crippen MR) is 89.5 cm³/mol. The van der Waals surface area contributed by atoms with Gasteiger partial charge in [0.25, 0.3) is 0 Å². The third-order valence-electron chi connectivity index (χ3n) is 4.86. The summed E-state index contributed by atoms with van der Waals surface area (Å²) in [6.45, 7) is 0. The summed E-state index contributed by atoms with van der Waals surface area (Å²) in [5.41, 5.74) is -19.0. The molecule has 0 saturated heterocycles. The summed E-state index contributed by atoms with van der Waals surface area (Å²) in [5, 5.41) is 10.1. The van der Waals surface area contributed by atoms with Crippen molar-refractivity contribution >= 4 is 22.9 Å². The van der Waals surface area contributed by atoms with Crippen LogP contribution in [0.4, 0.5) is 75.9 Å². The van der Waals surface area contributed by atoms with Crippen molar-refractivity contribution in [3.8, 4) is 0 Å². The zero-order chi connectivity index (χ0) is 29.2. The van der Waals surface area contributed by atoms with Crippen LogP contribution in [-0.4, -0.2) is 47.0 Å². The Kier molecular flexibility index (Phi) is 7.17. The summed E-state index contributed by atoms with van der Waals surface area (Å²) < 4.78 is 208. The molecule has 0 aliphatic heterocycles. The second-order valence-electron chi connectivity index (χ2n) is 7.29. The summed E-state index contributed by atoms with van der Waals surface area (Å²) in [6.07, 6.45) is -35.1. The van der Waals surface area contributed by atoms with E-state index in [1.807, 2.05) is 0 Å². The van der Waals surface area contributed by atoms with Crippen molar-refractivity contribution in [3.63, 3.8) is 0 Å². The Morgan fingerprint density at radius 1 is 0.730 bits per heavy atom. The van der Waals surface area contributed by atoms with Gasteiger partial charge in [-0.1, -0.05) is 0 Å². The molecule has 1 aliphatic rings. The Morgan fingerprint density at radius 3 is 1.57 bits per heavy atom. The minimum absolute atomic E-state index is 0.280. The third kappa shape index (κ3) is 5.48. The number of allylic oxidation sites excluding steroid dienone is 1. The molecule has 2 rings (SSSR count). The number of aliphatic hydroxyl groups excluding tert-OH is 1.